The second kappa shape index (κ2) is 10.3. The van der Waals surface area contributed by atoms with Gasteiger partial charge in [0.1, 0.15) is 11.6 Å². The Morgan fingerprint density at radius 3 is 2.51 bits per heavy atom. The van der Waals surface area contributed by atoms with Gasteiger partial charge in [0.2, 0.25) is 17.7 Å². The zero-order valence-corrected chi connectivity index (χ0v) is 21.1. The number of hydrogen-bond acceptors (Lipinski definition) is 5. The van der Waals surface area contributed by atoms with Gasteiger partial charge in [-0.15, -0.1) is 0 Å². The number of nitrogens with zero attached hydrogens (tertiary/aromatic N) is 1. The van der Waals surface area contributed by atoms with E-state index < -0.39 is 29.0 Å². The molecule has 3 amide bonds. The Hall–Kier alpha value is -2.45. The van der Waals surface area contributed by atoms with Crippen molar-refractivity contribution in [3.05, 3.63) is 35.9 Å². The van der Waals surface area contributed by atoms with Gasteiger partial charge >= 0.3 is 0 Å². The van der Waals surface area contributed by atoms with E-state index in [4.69, 9.17) is 9.84 Å². The highest BCUT2D eigenvalue weighted by molar-refractivity contribution is 5.99. The van der Waals surface area contributed by atoms with Gasteiger partial charge in [0.15, 0.2) is 0 Å². The van der Waals surface area contributed by atoms with Crippen molar-refractivity contribution in [2.75, 3.05) is 13.2 Å². The summed E-state index contributed by atoms with van der Waals surface area (Å²) in [6.07, 6.45) is 4.10. The van der Waals surface area contributed by atoms with Gasteiger partial charge in [-0.05, 0) is 52.0 Å². The molecular weight excluding hydrogens is 446 g/mol. The lowest BCUT2D eigenvalue weighted by molar-refractivity contribution is -0.142. The van der Waals surface area contributed by atoms with Crippen molar-refractivity contribution in [1.29, 1.82) is 0 Å². The van der Waals surface area contributed by atoms with Gasteiger partial charge in [0.05, 0.1) is 17.9 Å². The summed E-state index contributed by atoms with van der Waals surface area (Å²) in [4.78, 5) is 42.4. The predicted octanol–water partition coefficient (Wildman–Crippen LogP) is 2.14. The molecule has 2 bridgehead atoms. The maximum absolute atomic E-state index is 13.8. The maximum Gasteiger partial charge on any atom is 0.246 e. The molecule has 3 heterocycles. The fraction of sp³-hybridized carbons (Fsp3) is 0.667. The molecule has 3 N–H and O–H groups in total. The number of benzene rings is 1. The van der Waals surface area contributed by atoms with E-state index in [0.29, 0.717) is 25.9 Å². The number of amides is 3. The van der Waals surface area contributed by atoms with E-state index in [-0.39, 0.29) is 30.4 Å². The Morgan fingerprint density at radius 2 is 1.83 bits per heavy atom. The van der Waals surface area contributed by atoms with E-state index >= 15 is 0 Å². The van der Waals surface area contributed by atoms with Crippen LogP contribution < -0.4 is 10.6 Å². The van der Waals surface area contributed by atoms with Crippen LogP contribution in [0.15, 0.2) is 30.3 Å². The van der Waals surface area contributed by atoms with E-state index in [2.05, 4.69) is 10.6 Å². The normalized spacial score (nSPS) is 29.4. The Labute approximate surface area is 207 Å². The number of aliphatic hydroxyl groups excluding tert-OH is 1. The number of carbonyl (C=O) groups is 3. The number of rotatable bonds is 10. The number of unbranched alkanes of at least 4 members (excludes halogenated alkanes) is 3. The van der Waals surface area contributed by atoms with Gasteiger partial charge in [0.25, 0.3) is 0 Å². The smallest absolute Gasteiger partial charge is 0.246 e. The Balaban J connectivity index is 1.55. The van der Waals surface area contributed by atoms with Crippen molar-refractivity contribution in [2.45, 2.75) is 89.1 Å². The van der Waals surface area contributed by atoms with E-state index in [1.54, 1.807) is 4.90 Å². The average Bonchev–Trinajstić information content (AvgIpc) is 3.44. The molecule has 4 rings (SSSR count). The Bertz CT molecular complexity index is 930. The molecule has 0 aromatic heterocycles. The lowest BCUT2D eigenvalue weighted by Crippen LogP contribution is -2.58. The molecule has 3 fully saturated rings. The fourth-order valence-corrected chi connectivity index (χ4v) is 6.08. The monoisotopic (exact) mass is 485 g/mol. The van der Waals surface area contributed by atoms with Crippen LogP contribution in [0.2, 0.25) is 0 Å². The second-order valence-corrected chi connectivity index (χ2v) is 11.2. The number of aliphatic hydroxyl groups is 1. The van der Waals surface area contributed by atoms with E-state index in [0.717, 1.165) is 31.2 Å². The summed E-state index contributed by atoms with van der Waals surface area (Å²) >= 11 is 0. The highest BCUT2D eigenvalue weighted by atomic mass is 16.5. The first-order valence-electron chi connectivity index (χ1n) is 12.9. The van der Waals surface area contributed by atoms with Crippen LogP contribution in [-0.4, -0.2) is 64.2 Å². The van der Waals surface area contributed by atoms with E-state index in [9.17, 15) is 14.4 Å². The molecule has 0 aliphatic carbocycles. The standard InChI is InChI=1S/C27H39N3O5/c1-26(2,3)29-24(33)22-27-14-13-19(35-27)20(23(32)28-17-18-11-7-6-8-12-18)21(27)25(34)30(22)15-9-4-5-10-16-31/h6-8,11-12,19-22,31H,4-5,9-10,13-17H2,1-3H3,(H,28,32)(H,29,33)/t19-,20+,21+,22?,27?/m1/s1. The van der Waals surface area contributed by atoms with Crippen LogP contribution in [0, 0.1) is 11.8 Å². The largest absolute Gasteiger partial charge is 0.396 e. The topological polar surface area (TPSA) is 108 Å². The van der Waals surface area contributed by atoms with Gasteiger partial charge in [-0.25, -0.2) is 0 Å². The maximum atomic E-state index is 13.8. The molecule has 5 atom stereocenters. The molecule has 8 nitrogen and oxygen atoms in total. The third kappa shape index (κ3) is 5.09. The zero-order valence-electron chi connectivity index (χ0n) is 21.1. The molecule has 3 aliphatic heterocycles. The number of likely N-dealkylation sites (tertiary alicyclic amines) is 1. The summed E-state index contributed by atoms with van der Waals surface area (Å²) in [6.45, 7) is 6.74. The number of carbonyl (C=O) groups excluding carboxylic acids is 3. The van der Waals surface area contributed by atoms with Crippen molar-refractivity contribution < 1.29 is 24.2 Å². The number of nitrogens with one attached hydrogen (secondary N) is 2. The molecular formula is C27H39N3O5. The fourth-order valence-electron chi connectivity index (χ4n) is 6.08. The first-order chi connectivity index (χ1) is 16.7. The molecule has 1 aromatic rings. The van der Waals surface area contributed by atoms with Crippen LogP contribution in [0.3, 0.4) is 0 Å². The molecule has 0 saturated carbocycles. The molecule has 8 heteroatoms. The van der Waals surface area contributed by atoms with Gasteiger partial charge in [-0.1, -0.05) is 43.2 Å². The first-order valence-corrected chi connectivity index (χ1v) is 12.9. The minimum Gasteiger partial charge on any atom is -0.396 e. The number of fused-ring (bicyclic) bond motifs is 1. The van der Waals surface area contributed by atoms with Crippen LogP contribution in [0.4, 0.5) is 0 Å². The summed E-state index contributed by atoms with van der Waals surface area (Å²) in [7, 11) is 0. The molecule has 3 saturated heterocycles. The van der Waals surface area contributed by atoms with Crippen molar-refractivity contribution in [3.63, 3.8) is 0 Å². The average molecular weight is 486 g/mol. The van der Waals surface area contributed by atoms with Crippen molar-refractivity contribution in [3.8, 4) is 0 Å². The minimum atomic E-state index is -0.961. The Kier molecular flexibility index (Phi) is 7.52. The summed E-state index contributed by atoms with van der Waals surface area (Å²) in [5.74, 6) is -1.79. The van der Waals surface area contributed by atoms with Crippen LogP contribution in [0.1, 0.15) is 64.9 Å². The van der Waals surface area contributed by atoms with Crippen LogP contribution in [0.5, 0.6) is 0 Å². The zero-order chi connectivity index (χ0) is 25.2. The van der Waals surface area contributed by atoms with Crippen molar-refractivity contribution in [1.82, 2.24) is 15.5 Å². The van der Waals surface area contributed by atoms with Crippen molar-refractivity contribution >= 4 is 17.7 Å². The predicted molar refractivity (Wildman–Crippen MR) is 131 cm³/mol. The summed E-state index contributed by atoms with van der Waals surface area (Å²) in [6, 6.07) is 8.94. The van der Waals surface area contributed by atoms with Crippen LogP contribution >= 0.6 is 0 Å². The third-order valence-electron chi connectivity index (χ3n) is 7.47. The van der Waals surface area contributed by atoms with Gasteiger partial charge in [-0.3, -0.25) is 14.4 Å². The van der Waals surface area contributed by atoms with Gasteiger partial charge in [-0.2, -0.15) is 0 Å². The summed E-state index contributed by atoms with van der Waals surface area (Å²) in [5, 5.41) is 15.1. The van der Waals surface area contributed by atoms with E-state index in [1.807, 2.05) is 51.1 Å². The quantitative estimate of drug-likeness (QED) is 0.440. The van der Waals surface area contributed by atoms with E-state index in [1.165, 1.54) is 0 Å². The van der Waals surface area contributed by atoms with Crippen LogP contribution in [0.25, 0.3) is 0 Å². The minimum absolute atomic E-state index is 0.150. The second-order valence-electron chi connectivity index (χ2n) is 11.2. The van der Waals surface area contributed by atoms with Crippen molar-refractivity contribution in [2.24, 2.45) is 11.8 Å². The molecule has 2 unspecified atom stereocenters. The highest BCUT2D eigenvalue weighted by Gasteiger charge is 2.74. The molecule has 1 spiro atoms. The Morgan fingerprint density at radius 1 is 1.11 bits per heavy atom. The molecule has 35 heavy (non-hydrogen) atoms. The molecule has 0 radical (unpaired) electrons. The first kappa shape index (κ1) is 25.6. The lowest BCUT2D eigenvalue weighted by Gasteiger charge is -2.35. The lowest BCUT2D eigenvalue weighted by atomic mass is 9.70. The summed E-state index contributed by atoms with van der Waals surface area (Å²) in [5.41, 5.74) is -0.425. The molecule has 1 aromatic carbocycles. The SMILES string of the molecule is CC(C)(C)NC(=O)C1N(CCCCCCO)C(=O)[C@@H]2[C@@H](C(=O)NCc3ccccc3)[C@H]3CCC12O3. The molecule has 3 aliphatic rings. The van der Waals surface area contributed by atoms with Gasteiger partial charge < -0.3 is 25.4 Å². The number of hydrogen-bond donors (Lipinski definition) is 3. The highest BCUT2D eigenvalue weighted by Crippen LogP contribution is 2.58. The number of ether oxygens (including phenoxy) is 1. The van der Waals surface area contributed by atoms with Crippen LogP contribution in [-0.2, 0) is 25.7 Å². The van der Waals surface area contributed by atoms with Gasteiger partial charge in [0, 0.05) is 25.2 Å². The third-order valence-corrected chi connectivity index (χ3v) is 7.47. The molecule has 192 valence electrons. The summed E-state index contributed by atoms with van der Waals surface area (Å²) < 4.78 is 6.45.